The predicted molar refractivity (Wildman–Crippen MR) is 102 cm³/mol. The maximum absolute atomic E-state index is 12.4. The summed E-state index contributed by atoms with van der Waals surface area (Å²) in [4.78, 5) is 26.0. The van der Waals surface area contributed by atoms with Gasteiger partial charge in [0.15, 0.2) is 0 Å². The Morgan fingerprint density at radius 2 is 1.74 bits per heavy atom. The van der Waals surface area contributed by atoms with Crippen LogP contribution in [0.1, 0.15) is 26.7 Å². The van der Waals surface area contributed by atoms with Gasteiger partial charge in [0.2, 0.25) is 21.8 Å². The zero-order chi connectivity index (χ0) is 20.0. The standard InChI is InChI=1S/C18H27N3O5S/c1-14(2)20(3)27(24,25)16-6-4-15(5-7-16)19-17(22)8-9-18(23)21-10-12-26-13-11-21/h4-7,14H,8-13H2,1-3H3,(H,19,22). The summed E-state index contributed by atoms with van der Waals surface area (Å²) in [6, 6.07) is 5.86. The molecule has 0 bridgehead atoms. The summed E-state index contributed by atoms with van der Waals surface area (Å²) in [6.45, 7) is 5.76. The zero-order valence-corrected chi connectivity index (χ0v) is 16.8. The lowest BCUT2D eigenvalue weighted by Gasteiger charge is -2.26. The van der Waals surface area contributed by atoms with Crippen molar-refractivity contribution in [2.75, 3.05) is 38.7 Å². The van der Waals surface area contributed by atoms with Gasteiger partial charge in [0.25, 0.3) is 0 Å². The largest absolute Gasteiger partial charge is 0.378 e. The van der Waals surface area contributed by atoms with E-state index in [0.29, 0.717) is 32.0 Å². The highest BCUT2D eigenvalue weighted by Gasteiger charge is 2.23. The molecule has 8 nitrogen and oxygen atoms in total. The highest BCUT2D eigenvalue weighted by atomic mass is 32.2. The van der Waals surface area contributed by atoms with E-state index >= 15 is 0 Å². The lowest BCUT2D eigenvalue weighted by atomic mass is 10.2. The molecule has 2 amide bonds. The SMILES string of the molecule is CC(C)N(C)S(=O)(=O)c1ccc(NC(=O)CCC(=O)N2CCOCC2)cc1. The Balaban J connectivity index is 1.88. The topological polar surface area (TPSA) is 96.0 Å². The first-order valence-electron chi connectivity index (χ1n) is 8.95. The Hall–Kier alpha value is -1.97. The second-order valence-electron chi connectivity index (χ2n) is 6.68. The summed E-state index contributed by atoms with van der Waals surface area (Å²) in [5, 5.41) is 2.69. The van der Waals surface area contributed by atoms with Gasteiger partial charge < -0.3 is 15.0 Å². The number of ether oxygens (including phenoxy) is 1. The Morgan fingerprint density at radius 1 is 1.15 bits per heavy atom. The average Bonchev–Trinajstić information content (AvgIpc) is 2.66. The van der Waals surface area contributed by atoms with Crippen LogP contribution in [0.25, 0.3) is 0 Å². The van der Waals surface area contributed by atoms with Crippen LogP contribution in [0.2, 0.25) is 0 Å². The molecule has 1 aliphatic rings. The fraction of sp³-hybridized carbons (Fsp3) is 0.556. The Labute approximate surface area is 160 Å². The number of nitrogens with zero attached hydrogens (tertiary/aromatic N) is 2. The van der Waals surface area contributed by atoms with Gasteiger partial charge in [-0.1, -0.05) is 0 Å². The van der Waals surface area contributed by atoms with E-state index in [-0.39, 0.29) is 35.6 Å². The van der Waals surface area contributed by atoms with Crippen LogP contribution in [0.4, 0.5) is 5.69 Å². The average molecular weight is 397 g/mol. The molecule has 1 fully saturated rings. The molecule has 1 aromatic carbocycles. The predicted octanol–water partition coefficient (Wildman–Crippen LogP) is 1.29. The maximum atomic E-state index is 12.4. The third kappa shape index (κ3) is 5.75. The molecule has 9 heteroatoms. The fourth-order valence-electron chi connectivity index (χ4n) is 2.57. The van der Waals surface area contributed by atoms with Crippen LogP contribution < -0.4 is 5.32 Å². The highest BCUT2D eigenvalue weighted by Crippen LogP contribution is 2.19. The molecule has 0 spiro atoms. The van der Waals surface area contributed by atoms with Crippen LogP contribution in [0, 0.1) is 0 Å². The van der Waals surface area contributed by atoms with E-state index < -0.39 is 10.0 Å². The van der Waals surface area contributed by atoms with Crippen molar-refractivity contribution < 1.29 is 22.7 Å². The molecule has 150 valence electrons. The number of carbonyl (C=O) groups is 2. The minimum absolute atomic E-state index is 0.0633. The van der Waals surface area contributed by atoms with E-state index in [9.17, 15) is 18.0 Å². The number of morpholine rings is 1. The van der Waals surface area contributed by atoms with Crippen molar-refractivity contribution in [3.8, 4) is 0 Å². The third-order valence-corrected chi connectivity index (χ3v) is 6.52. The molecule has 1 aromatic rings. The first-order valence-corrected chi connectivity index (χ1v) is 10.4. The summed E-state index contributed by atoms with van der Waals surface area (Å²) < 4.78 is 31.3. The fourth-order valence-corrected chi connectivity index (χ4v) is 3.94. The normalized spacial score (nSPS) is 15.2. The van der Waals surface area contributed by atoms with Crippen LogP contribution in [0.3, 0.4) is 0 Å². The molecule has 1 aliphatic heterocycles. The molecule has 1 saturated heterocycles. The van der Waals surface area contributed by atoms with Crippen molar-refractivity contribution >= 4 is 27.5 Å². The number of hydrogen-bond donors (Lipinski definition) is 1. The Bertz CT molecular complexity index is 756. The molecule has 0 aromatic heterocycles. The van der Waals surface area contributed by atoms with Crippen molar-refractivity contribution in [3.05, 3.63) is 24.3 Å². The zero-order valence-electron chi connectivity index (χ0n) is 16.0. The van der Waals surface area contributed by atoms with Crippen molar-refractivity contribution in [3.63, 3.8) is 0 Å². The first kappa shape index (κ1) is 21.3. The number of rotatable bonds is 7. The van der Waals surface area contributed by atoms with Gasteiger partial charge >= 0.3 is 0 Å². The molecule has 27 heavy (non-hydrogen) atoms. The number of nitrogens with one attached hydrogen (secondary N) is 1. The van der Waals surface area contributed by atoms with Gasteiger partial charge in [0.1, 0.15) is 0 Å². The van der Waals surface area contributed by atoms with Crippen LogP contribution in [0.15, 0.2) is 29.2 Å². The second-order valence-corrected chi connectivity index (χ2v) is 8.68. The minimum Gasteiger partial charge on any atom is -0.378 e. The molecule has 0 unspecified atom stereocenters. The van der Waals surface area contributed by atoms with E-state index in [0.717, 1.165) is 0 Å². The summed E-state index contributed by atoms with van der Waals surface area (Å²) in [5.41, 5.74) is 0.491. The van der Waals surface area contributed by atoms with Crippen LogP contribution in [-0.4, -0.2) is 68.8 Å². The lowest BCUT2D eigenvalue weighted by molar-refractivity contribution is -0.136. The Morgan fingerprint density at radius 3 is 2.30 bits per heavy atom. The smallest absolute Gasteiger partial charge is 0.243 e. The molecule has 0 atom stereocenters. The van der Waals surface area contributed by atoms with Crippen molar-refractivity contribution in [1.82, 2.24) is 9.21 Å². The van der Waals surface area contributed by atoms with Gasteiger partial charge in [0.05, 0.1) is 18.1 Å². The summed E-state index contributed by atoms with van der Waals surface area (Å²) >= 11 is 0. The van der Waals surface area contributed by atoms with Gasteiger partial charge in [-0.15, -0.1) is 0 Å². The van der Waals surface area contributed by atoms with Crippen molar-refractivity contribution in [1.29, 1.82) is 0 Å². The van der Waals surface area contributed by atoms with Crippen molar-refractivity contribution in [2.45, 2.75) is 37.6 Å². The van der Waals surface area contributed by atoms with E-state index in [1.54, 1.807) is 30.9 Å². The van der Waals surface area contributed by atoms with Crippen LogP contribution >= 0.6 is 0 Å². The molecular weight excluding hydrogens is 370 g/mol. The number of amides is 2. The Kier molecular flexibility index (Phi) is 7.34. The molecule has 1 heterocycles. The molecule has 0 saturated carbocycles. The molecule has 0 radical (unpaired) electrons. The minimum atomic E-state index is -3.56. The lowest BCUT2D eigenvalue weighted by Crippen LogP contribution is -2.40. The highest BCUT2D eigenvalue weighted by molar-refractivity contribution is 7.89. The molecule has 0 aliphatic carbocycles. The van der Waals surface area contributed by atoms with Gasteiger partial charge in [-0.3, -0.25) is 9.59 Å². The maximum Gasteiger partial charge on any atom is 0.243 e. The van der Waals surface area contributed by atoms with E-state index in [1.807, 2.05) is 0 Å². The quantitative estimate of drug-likeness (QED) is 0.748. The number of hydrogen-bond acceptors (Lipinski definition) is 5. The van der Waals surface area contributed by atoms with E-state index in [2.05, 4.69) is 5.32 Å². The van der Waals surface area contributed by atoms with E-state index in [4.69, 9.17) is 4.74 Å². The second kappa shape index (κ2) is 9.29. The van der Waals surface area contributed by atoms with Gasteiger partial charge in [0, 0.05) is 44.7 Å². The van der Waals surface area contributed by atoms with Crippen LogP contribution in [0.5, 0.6) is 0 Å². The molecular formula is C18H27N3O5S. The molecule has 2 rings (SSSR count). The summed E-state index contributed by atoms with van der Waals surface area (Å²) in [7, 11) is -2.03. The summed E-state index contributed by atoms with van der Waals surface area (Å²) in [6.07, 6.45) is 0.212. The number of carbonyl (C=O) groups excluding carboxylic acids is 2. The molecule has 1 N–H and O–H groups in total. The summed E-state index contributed by atoms with van der Waals surface area (Å²) in [5.74, 6) is -0.349. The first-order chi connectivity index (χ1) is 12.7. The monoisotopic (exact) mass is 397 g/mol. The number of anilines is 1. The van der Waals surface area contributed by atoms with Gasteiger partial charge in [-0.05, 0) is 38.1 Å². The van der Waals surface area contributed by atoms with E-state index in [1.165, 1.54) is 23.5 Å². The van der Waals surface area contributed by atoms with Crippen molar-refractivity contribution in [2.24, 2.45) is 0 Å². The third-order valence-electron chi connectivity index (χ3n) is 4.47. The van der Waals surface area contributed by atoms with Crippen LogP contribution in [-0.2, 0) is 24.3 Å². The van der Waals surface area contributed by atoms with Gasteiger partial charge in [-0.2, -0.15) is 4.31 Å². The number of benzene rings is 1. The van der Waals surface area contributed by atoms with Gasteiger partial charge in [-0.25, -0.2) is 8.42 Å². The number of sulfonamides is 1.